The van der Waals surface area contributed by atoms with E-state index < -0.39 is 0 Å². The number of imidazole rings is 1. The van der Waals surface area contributed by atoms with Crippen molar-refractivity contribution in [2.24, 2.45) is 0 Å². The summed E-state index contributed by atoms with van der Waals surface area (Å²) in [5.41, 5.74) is 8.19. The summed E-state index contributed by atoms with van der Waals surface area (Å²) in [6.45, 7) is 1.87. The second-order valence-corrected chi connectivity index (χ2v) is 7.94. The Bertz CT molecular complexity index is 1510. The van der Waals surface area contributed by atoms with Gasteiger partial charge in [-0.2, -0.15) is 0 Å². The zero-order chi connectivity index (χ0) is 22.2. The Morgan fingerprint density at radius 3 is 1.94 bits per heavy atom. The standard InChI is InChI=1S/C29H21N3O/c1-20-31-27-25(16-9-17-26(27)33-20)29-30-18-19-32(29)28-23(21-10-4-2-5-11-21)14-8-15-24(28)22-12-6-3-7-13-22/h2-19H,1H3. The van der Waals surface area contributed by atoms with Gasteiger partial charge in [0.1, 0.15) is 11.3 Å². The third-order valence-corrected chi connectivity index (χ3v) is 5.85. The van der Waals surface area contributed by atoms with Gasteiger partial charge in [-0.1, -0.05) is 84.9 Å². The maximum atomic E-state index is 5.79. The Hall–Kier alpha value is -4.44. The summed E-state index contributed by atoms with van der Waals surface area (Å²) in [7, 11) is 0. The predicted octanol–water partition coefficient (Wildman–Crippen LogP) is 7.32. The number of hydrogen-bond acceptors (Lipinski definition) is 3. The van der Waals surface area contributed by atoms with Gasteiger partial charge in [0.15, 0.2) is 11.5 Å². The van der Waals surface area contributed by atoms with E-state index in [-0.39, 0.29) is 0 Å². The van der Waals surface area contributed by atoms with Crippen molar-refractivity contribution in [3.63, 3.8) is 0 Å². The van der Waals surface area contributed by atoms with Crippen LogP contribution in [0.5, 0.6) is 0 Å². The van der Waals surface area contributed by atoms with Crippen LogP contribution in [0.15, 0.2) is 114 Å². The molecule has 0 spiro atoms. The quantitative estimate of drug-likeness (QED) is 0.296. The molecule has 0 saturated carbocycles. The van der Waals surface area contributed by atoms with Crippen LogP contribution in [0.25, 0.3) is 50.4 Å². The minimum absolute atomic E-state index is 0.644. The van der Waals surface area contributed by atoms with E-state index in [4.69, 9.17) is 9.40 Å². The summed E-state index contributed by atoms with van der Waals surface area (Å²) in [5.74, 6) is 1.47. The molecule has 4 nitrogen and oxygen atoms in total. The fourth-order valence-electron chi connectivity index (χ4n) is 4.43. The largest absolute Gasteiger partial charge is 0.441 e. The number of aromatic nitrogens is 3. The Morgan fingerprint density at radius 2 is 1.27 bits per heavy atom. The van der Waals surface area contributed by atoms with Crippen LogP contribution in [0.3, 0.4) is 0 Å². The fourth-order valence-corrected chi connectivity index (χ4v) is 4.43. The summed E-state index contributed by atoms with van der Waals surface area (Å²) >= 11 is 0. The van der Waals surface area contributed by atoms with Crippen molar-refractivity contribution < 1.29 is 4.42 Å². The van der Waals surface area contributed by atoms with Gasteiger partial charge in [-0.3, -0.25) is 4.57 Å². The summed E-state index contributed by atoms with van der Waals surface area (Å²) in [6, 6.07) is 33.4. The maximum Gasteiger partial charge on any atom is 0.192 e. The molecular weight excluding hydrogens is 406 g/mol. The first kappa shape index (κ1) is 19.3. The molecule has 0 bridgehead atoms. The highest BCUT2D eigenvalue weighted by Crippen LogP contribution is 2.38. The molecule has 4 aromatic carbocycles. The normalized spacial score (nSPS) is 11.2. The molecule has 0 aliphatic carbocycles. The molecule has 2 heterocycles. The van der Waals surface area contributed by atoms with Crippen LogP contribution in [0.4, 0.5) is 0 Å². The van der Waals surface area contributed by atoms with Gasteiger partial charge in [-0.15, -0.1) is 0 Å². The Balaban J connectivity index is 1.66. The van der Waals surface area contributed by atoms with Gasteiger partial charge in [0, 0.05) is 36.0 Å². The van der Waals surface area contributed by atoms with Crippen molar-refractivity contribution in [1.29, 1.82) is 0 Å². The van der Waals surface area contributed by atoms with Crippen LogP contribution in [-0.4, -0.2) is 14.5 Å². The summed E-state index contributed by atoms with van der Waals surface area (Å²) in [6.07, 6.45) is 3.87. The number of oxazole rings is 1. The van der Waals surface area contributed by atoms with E-state index in [1.165, 1.54) is 0 Å². The summed E-state index contributed by atoms with van der Waals surface area (Å²) < 4.78 is 7.96. The molecule has 158 valence electrons. The van der Waals surface area contributed by atoms with E-state index in [2.05, 4.69) is 82.3 Å². The third-order valence-electron chi connectivity index (χ3n) is 5.85. The average Bonchev–Trinajstić information content (AvgIpc) is 3.50. The van der Waals surface area contributed by atoms with Gasteiger partial charge in [0.25, 0.3) is 0 Å². The molecule has 0 fully saturated rings. The zero-order valence-electron chi connectivity index (χ0n) is 18.1. The zero-order valence-corrected chi connectivity index (χ0v) is 18.1. The van der Waals surface area contributed by atoms with Gasteiger partial charge in [0.05, 0.1) is 5.69 Å². The van der Waals surface area contributed by atoms with Gasteiger partial charge >= 0.3 is 0 Å². The predicted molar refractivity (Wildman–Crippen MR) is 132 cm³/mol. The molecule has 0 amide bonds. The first-order valence-corrected chi connectivity index (χ1v) is 10.9. The van der Waals surface area contributed by atoms with Crippen molar-refractivity contribution in [2.75, 3.05) is 0 Å². The van der Waals surface area contributed by atoms with Gasteiger partial charge in [0.2, 0.25) is 0 Å². The number of benzene rings is 4. The first-order valence-electron chi connectivity index (χ1n) is 10.9. The van der Waals surface area contributed by atoms with Crippen LogP contribution in [-0.2, 0) is 0 Å². The number of aryl methyl sites for hydroxylation is 1. The van der Waals surface area contributed by atoms with Gasteiger partial charge < -0.3 is 4.42 Å². The molecule has 0 atom stereocenters. The fraction of sp³-hybridized carbons (Fsp3) is 0.0345. The van der Waals surface area contributed by atoms with Gasteiger partial charge in [-0.05, 0) is 23.3 Å². The van der Waals surface area contributed by atoms with Crippen molar-refractivity contribution in [2.45, 2.75) is 6.92 Å². The second kappa shape index (κ2) is 7.92. The lowest BCUT2D eigenvalue weighted by atomic mass is 9.95. The minimum Gasteiger partial charge on any atom is -0.441 e. The smallest absolute Gasteiger partial charge is 0.192 e. The summed E-state index contributed by atoms with van der Waals surface area (Å²) in [5, 5.41) is 0. The molecular formula is C29H21N3O. The molecule has 0 aliphatic rings. The minimum atomic E-state index is 0.644. The summed E-state index contributed by atoms with van der Waals surface area (Å²) in [4.78, 5) is 9.42. The van der Waals surface area contributed by atoms with Crippen LogP contribution in [0.1, 0.15) is 5.89 Å². The molecule has 0 N–H and O–H groups in total. The molecule has 0 aliphatic heterocycles. The van der Waals surface area contributed by atoms with Crippen LogP contribution in [0, 0.1) is 6.92 Å². The number of fused-ring (bicyclic) bond motifs is 1. The molecule has 0 unspecified atom stereocenters. The molecule has 6 aromatic rings. The lowest BCUT2D eigenvalue weighted by molar-refractivity contribution is 0.561. The molecule has 0 radical (unpaired) electrons. The van der Waals surface area contributed by atoms with Crippen molar-refractivity contribution in [3.8, 4) is 39.3 Å². The van der Waals surface area contributed by atoms with E-state index in [1.807, 2.05) is 43.6 Å². The third kappa shape index (κ3) is 3.33. The second-order valence-electron chi connectivity index (χ2n) is 7.94. The Morgan fingerprint density at radius 1 is 0.667 bits per heavy atom. The monoisotopic (exact) mass is 427 g/mol. The van der Waals surface area contributed by atoms with Crippen LogP contribution in [0.2, 0.25) is 0 Å². The highest BCUT2D eigenvalue weighted by atomic mass is 16.3. The SMILES string of the molecule is Cc1nc2c(-c3nccn3-c3c(-c4ccccc4)cccc3-c3ccccc3)cccc2o1. The lowest BCUT2D eigenvalue weighted by Crippen LogP contribution is -2.02. The number of nitrogens with zero attached hydrogens (tertiary/aromatic N) is 3. The van der Waals surface area contributed by atoms with Gasteiger partial charge in [-0.25, -0.2) is 9.97 Å². The van der Waals surface area contributed by atoms with E-state index in [0.29, 0.717) is 5.89 Å². The highest BCUT2D eigenvalue weighted by molar-refractivity contribution is 5.91. The van der Waals surface area contributed by atoms with E-state index in [1.54, 1.807) is 0 Å². The van der Waals surface area contributed by atoms with E-state index in [0.717, 1.165) is 50.4 Å². The molecule has 4 heteroatoms. The molecule has 6 rings (SSSR count). The van der Waals surface area contributed by atoms with E-state index >= 15 is 0 Å². The molecule has 33 heavy (non-hydrogen) atoms. The Kier molecular flexibility index (Phi) is 4.62. The Labute approximate surface area is 191 Å². The number of para-hydroxylation sites is 2. The lowest BCUT2D eigenvalue weighted by Gasteiger charge is -2.18. The van der Waals surface area contributed by atoms with Crippen LogP contribution < -0.4 is 0 Å². The van der Waals surface area contributed by atoms with Crippen LogP contribution >= 0.6 is 0 Å². The molecule has 2 aromatic heterocycles. The molecule has 0 saturated heterocycles. The van der Waals surface area contributed by atoms with Crippen molar-refractivity contribution in [1.82, 2.24) is 14.5 Å². The van der Waals surface area contributed by atoms with E-state index in [9.17, 15) is 0 Å². The first-order chi connectivity index (χ1) is 16.3. The number of rotatable bonds is 4. The topological polar surface area (TPSA) is 43.9 Å². The van der Waals surface area contributed by atoms with Crippen molar-refractivity contribution >= 4 is 11.1 Å². The van der Waals surface area contributed by atoms with Crippen molar-refractivity contribution in [3.05, 3.63) is 115 Å². The maximum absolute atomic E-state index is 5.79. The number of hydrogen-bond donors (Lipinski definition) is 0. The highest BCUT2D eigenvalue weighted by Gasteiger charge is 2.19. The average molecular weight is 428 g/mol.